The molecule has 0 saturated heterocycles. The number of anilines is 1. The average molecular weight is 294 g/mol. The minimum atomic E-state index is -0.197. The van der Waals surface area contributed by atoms with E-state index in [1.54, 1.807) is 0 Å². The van der Waals surface area contributed by atoms with Crippen LogP contribution in [-0.2, 0) is 13.1 Å². The van der Waals surface area contributed by atoms with Crippen molar-refractivity contribution in [3.63, 3.8) is 0 Å². The van der Waals surface area contributed by atoms with Crippen LogP contribution in [0.2, 0.25) is 5.02 Å². The van der Waals surface area contributed by atoms with Gasteiger partial charge in [0.1, 0.15) is 11.3 Å². The molecule has 1 aliphatic heterocycles. The predicted octanol–water partition coefficient (Wildman–Crippen LogP) is 0.101. The number of nitrogens with one attached hydrogen (secondary N) is 1. The molecule has 0 spiro atoms. The Balaban J connectivity index is 1.85. The highest BCUT2D eigenvalue weighted by Gasteiger charge is 2.23. The normalized spacial score (nSPS) is 13.8. The van der Waals surface area contributed by atoms with Crippen LogP contribution in [0.4, 0.5) is 5.82 Å². The maximum atomic E-state index is 11.6. The van der Waals surface area contributed by atoms with Crippen LogP contribution < -0.4 is 10.2 Å². The lowest BCUT2D eigenvalue weighted by atomic mass is 10.4. The molecule has 1 amide bonds. The van der Waals surface area contributed by atoms with Crippen LogP contribution in [0.25, 0.3) is 0 Å². The van der Waals surface area contributed by atoms with Crippen molar-refractivity contribution >= 4 is 23.3 Å². The smallest absolute Gasteiger partial charge is 0.289 e. The van der Waals surface area contributed by atoms with Crippen LogP contribution in [-0.4, -0.2) is 44.2 Å². The minimum absolute atomic E-state index is 0.197. The van der Waals surface area contributed by atoms with Gasteiger partial charge in [-0.15, -0.1) is 10.2 Å². The first-order valence-corrected chi connectivity index (χ1v) is 6.41. The van der Waals surface area contributed by atoms with Crippen LogP contribution in [0.1, 0.15) is 16.4 Å². The maximum absolute atomic E-state index is 11.6. The Bertz CT molecular complexity index is 656. The van der Waals surface area contributed by atoms with E-state index in [1.165, 1.54) is 12.5 Å². The van der Waals surface area contributed by atoms with Crippen LogP contribution in [0.3, 0.4) is 0 Å². The number of rotatable bonds is 3. The number of hydrogen-bond donors (Lipinski definition) is 1. The van der Waals surface area contributed by atoms with E-state index in [2.05, 4.69) is 25.5 Å². The Labute approximate surface area is 119 Å². The molecule has 9 heteroatoms. The number of halogens is 1. The van der Waals surface area contributed by atoms with Crippen molar-refractivity contribution in [3.05, 3.63) is 29.2 Å². The fourth-order valence-electron chi connectivity index (χ4n) is 2.09. The second kappa shape index (κ2) is 5.04. The SMILES string of the molecule is CN(Cc1nnc2n1CCNC2=O)c1ncncc1Cl. The molecule has 0 unspecified atom stereocenters. The van der Waals surface area contributed by atoms with Gasteiger partial charge in [0.15, 0.2) is 11.6 Å². The molecule has 2 aromatic heterocycles. The van der Waals surface area contributed by atoms with E-state index in [1.807, 2.05) is 16.5 Å². The fourth-order valence-corrected chi connectivity index (χ4v) is 2.34. The number of fused-ring (bicyclic) bond motifs is 1. The van der Waals surface area contributed by atoms with Gasteiger partial charge < -0.3 is 14.8 Å². The van der Waals surface area contributed by atoms with Crippen molar-refractivity contribution < 1.29 is 4.79 Å². The molecule has 0 bridgehead atoms. The summed E-state index contributed by atoms with van der Waals surface area (Å²) in [5.41, 5.74) is 0. The monoisotopic (exact) mass is 293 g/mol. The largest absolute Gasteiger partial charge is 0.351 e. The van der Waals surface area contributed by atoms with E-state index >= 15 is 0 Å². The van der Waals surface area contributed by atoms with Crippen LogP contribution in [0.15, 0.2) is 12.5 Å². The Morgan fingerprint density at radius 2 is 2.35 bits per heavy atom. The van der Waals surface area contributed by atoms with Gasteiger partial charge in [-0.25, -0.2) is 9.97 Å². The lowest BCUT2D eigenvalue weighted by Crippen LogP contribution is -2.36. The summed E-state index contributed by atoms with van der Waals surface area (Å²) in [4.78, 5) is 21.4. The molecule has 8 nitrogen and oxygen atoms in total. The van der Waals surface area contributed by atoms with Gasteiger partial charge in [-0.3, -0.25) is 4.79 Å². The number of nitrogens with zero attached hydrogens (tertiary/aromatic N) is 6. The molecule has 1 N–H and O–H groups in total. The average Bonchev–Trinajstić information content (AvgIpc) is 2.84. The zero-order valence-corrected chi connectivity index (χ0v) is 11.5. The standard InChI is InChI=1S/C11H12ClN7O/c1-18(9-7(12)4-13-6-15-9)5-8-16-17-10-11(20)14-2-3-19(8)10/h4,6H,2-3,5H2,1H3,(H,14,20). The van der Waals surface area contributed by atoms with E-state index in [0.717, 1.165) is 0 Å². The topological polar surface area (TPSA) is 88.8 Å². The van der Waals surface area contributed by atoms with E-state index in [9.17, 15) is 4.79 Å². The lowest BCUT2D eigenvalue weighted by Gasteiger charge is -2.20. The highest BCUT2D eigenvalue weighted by atomic mass is 35.5. The molecule has 20 heavy (non-hydrogen) atoms. The summed E-state index contributed by atoms with van der Waals surface area (Å²) in [5, 5.41) is 11.2. The summed E-state index contributed by atoms with van der Waals surface area (Å²) in [5.74, 6) is 1.46. The summed E-state index contributed by atoms with van der Waals surface area (Å²) in [6.45, 7) is 1.70. The van der Waals surface area contributed by atoms with E-state index in [0.29, 0.717) is 42.1 Å². The molecule has 104 valence electrons. The van der Waals surface area contributed by atoms with Gasteiger partial charge in [0.05, 0.1) is 12.7 Å². The van der Waals surface area contributed by atoms with Crippen molar-refractivity contribution in [1.29, 1.82) is 0 Å². The molecular weight excluding hydrogens is 282 g/mol. The molecule has 2 aromatic rings. The van der Waals surface area contributed by atoms with Crippen LogP contribution >= 0.6 is 11.6 Å². The molecule has 0 atom stereocenters. The summed E-state index contributed by atoms with van der Waals surface area (Å²) in [6.07, 6.45) is 2.97. The number of carbonyl (C=O) groups is 1. The Kier molecular flexibility index (Phi) is 3.23. The first kappa shape index (κ1) is 12.8. The molecular formula is C11H12ClN7O. The third-order valence-electron chi connectivity index (χ3n) is 3.04. The van der Waals surface area contributed by atoms with Gasteiger partial charge in [0.2, 0.25) is 5.82 Å². The molecule has 0 fully saturated rings. The third-order valence-corrected chi connectivity index (χ3v) is 3.31. The van der Waals surface area contributed by atoms with Gasteiger partial charge in [-0.2, -0.15) is 0 Å². The Morgan fingerprint density at radius 3 is 3.15 bits per heavy atom. The number of carbonyl (C=O) groups excluding carboxylic acids is 1. The summed E-state index contributed by atoms with van der Waals surface area (Å²) < 4.78 is 1.81. The molecule has 0 saturated carbocycles. The molecule has 1 aliphatic rings. The molecule has 3 heterocycles. The molecule has 0 aliphatic carbocycles. The number of hydrogen-bond acceptors (Lipinski definition) is 6. The lowest BCUT2D eigenvalue weighted by molar-refractivity contribution is 0.0921. The quantitative estimate of drug-likeness (QED) is 0.863. The van der Waals surface area contributed by atoms with Crippen LogP contribution in [0, 0.1) is 0 Å². The predicted molar refractivity (Wildman–Crippen MR) is 71.5 cm³/mol. The van der Waals surface area contributed by atoms with Gasteiger partial charge in [0, 0.05) is 20.1 Å². The highest BCUT2D eigenvalue weighted by molar-refractivity contribution is 6.32. The van der Waals surface area contributed by atoms with Crippen molar-refractivity contribution in [1.82, 2.24) is 30.0 Å². The minimum Gasteiger partial charge on any atom is -0.351 e. The van der Waals surface area contributed by atoms with Crippen molar-refractivity contribution in [3.8, 4) is 0 Å². The van der Waals surface area contributed by atoms with Crippen LogP contribution in [0.5, 0.6) is 0 Å². The van der Waals surface area contributed by atoms with Gasteiger partial charge in [-0.1, -0.05) is 11.6 Å². The van der Waals surface area contributed by atoms with E-state index in [4.69, 9.17) is 11.6 Å². The van der Waals surface area contributed by atoms with Crippen molar-refractivity contribution in [2.45, 2.75) is 13.1 Å². The third kappa shape index (κ3) is 2.18. The molecule has 3 rings (SSSR count). The van der Waals surface area contributed by atoms with Gasteiger partial charge in [-0.05, 0) is 0 Å². The first-order chi connectivity index (χ1) is 9.66. The van der Waals surface area contributed by atoms with E-state index in [-0.39, 0.29) is 5.91 Å². The fraction of sp³-hybridized carbons (Fsp3) is 0.364. The van der Waals surface area contributed by atoms with Crippen molar-refractivity contribution in [2.75, 3.05) is 18.5 Å². The second-order valence-electron chi connectivity index (χ2n) is 4.40. The highest BCUT2D eigenvalue weighted by Crippen LogP contribution is 2.21. The number of amides is 1. The van der Waals surface area contributed by atoms with E-state index < -0.39 is 0 Å². The van der Waals surface area contributed by atoms with Crippen molar-refractivity contribution in [2.24, 2.45) is 0 Å². The first-order valence-electron chi connectivity index (χ1n) is 6.03. The Hall–Kier alpha value is -2.22. The molecule has 0 radical (unpaired) electrons. The number of aromatic nitrogens is 5. The Morgan fingerprint density at radius 1 is 1.50 bits per heavy atom. The second-order valence-corrected chi connectivity index (χ2v) is 4.80. The summed E-state index contributed by atoms with van der Waals surface area (Å²) in [6, 6.07) is 0. The zero-order valence-electron chi connectivity index (χ0n) is 10.7. The van der Waals surface area contributed by atoms with Gasteiger partial charge in [0.25, 0.3) is 5.91 Å². The zero-order chi connectivity index (χ0) is 14.1. The van der Waals surface area contributed by atoms with Gasteiger partial charge >= 0.3 is 0 Å². The molecule has 0 aromatic carbocycles. The maximum Gasteiger partial charge on any atom is 0.289 e. The summed E-state index contributed by atoms with van der Waals surface area (Å²) in [7, 11) is 1.85. The summed E-state index contributed by atoms with van der Waals surface area (Å²) >= 11 is 6.05.